The maximum Gasteiger partial charge on any atom is 0.303 e. The summed E-state index contributed by atoms with van der Waals surface area (Å²) in [7, 11) is 1.64. The molecule has 17 heavy (non-hydrogen) atoms. The molecule has 5 N–H and O–H groups in total. The number of rotatable bonds is 3. The standard InChI is InChI=1S/C11H12N4OS/c1-16-8-4-2-3-7(5-8)9-6-17-11(14-9)15-10(12)13/h2-6H,1H3,(H4,12,13,14,15)/p+1. The van der Waals surface area contributed by atoms with Gasteiger partial charge in [-0.15, -0.1) is 4.98 Å². The van der Waals surface area contributed by atoms with Crippen molar-refractivity contribution in [1.29, 1.82) is 0 Å². The van der Waals surface area contributed by atoms with Crippen molar-refractivity contribution in [1.82, 2.24) is 4.98 Å². The van der Waals surface area contributed by atoms with E-state index in [9.17, 15) is 0 Å². The molecule has 6 heteroatoms. The number of nitrogens with one attached hydrogen (secondary N) is 1. The number of nitrogens with zero attached hydrogens (tertiary/aromatic N) is 1. The molecule has 1 heterocycles. The van der Waals surface area contributed by atoms with Crippen LogP contribution in [0.4, 0.5) is 5.13 Å². The first-order valence-electron chi connectivity index (χ1n) is 4.94. The van der Waals surface area contributed by atoms with Crippen molar-refractivity contribution in [2.75, 3.05) is 7.11 Å². The molecule has 0 saturated heterocycles. The van der Waals surface area contributed by atoms with Gasteiger partial charge in [0.1, 0.15) is 11.4 Å². The van der Waals surface area contributed by atoms with Crippen LogP contribution < -0.4 is 21.2 Å². The summed E-state index contributed by atoms with van der Waals surface area (Å²) in [5, 5.41) is 2.60. The number of thiazole rings is 1. The average Bonchev–Trinajstić information content (AvgIpc) is 2.77. The lowest BCUT2D eigenvalue weighted by Gasteiger charge is -2.00. The average molecular weight is 249 g/mol. The van der Waals surface area contributed by atoms with E-state index < -0.39 is 0 Å². The van der Waals surface area contributed by atoms with Gasteiger partial charge in [-0.25, -0.2) is 4.99 Å². The van der Waals surface area contributed by atoms with Crippen molar-refractivity contribution in [3.8, 4) is 17.0 Å². The molecule has 0 radical (unpaired) electrons. The molecule has 2 aromatic rings. The van der Waals surface area contributed by atoms with Gasteiger partial charge >= 0.3 is 5.96 Å². The first-order valence-corrected chi connectivity index (χ1v) is 5.82. The molecule has 2 rings (SSSR count). The van der Waals surface area contributed by atoms with E-state index in [2.05, 4.69) is 9.98 Å². The van der Waals surface area contributed by atoms with Gasteiger partial charge < -0.3 is 16.2 Å². The predicted octanol–water partition coefficient (Wildman–Crippen LogP) is -0.196. The third-order valence-corrected chi connectivity index (χ3v) is 2.88. The molecule has 0 atom stereocenters. The summed E-state index contributed by atoms with van der Waals surface area (Å²) in [5.41, 5.74) is 12.5. The SMILES string of the molecule is COc1cccc(-c2csc([NH+]=C(N)N)n2)c1. The van der Waals surface area contributed by atoms with Crippen LogP contribution in [0.2, 0.25) is 0 Å². The summed E-state index contributed by atoms with van der Waals surface area (Å²) >= 11 is 1.44. The Morgan fingerprint density at radius 3 is 2.94 bits per heavy atom. The van der Waals surface area contributed by atoms with Crippen LogP contribution in [0.5, 0.6) is 5.75 Å². The highest BCUT2D eigenvalue weighted by Crippen LogP contribution is 2.25. The zero-order chi connectivity index (χ0) is 12.3. The maximum atomic E-state index is 5.35. The summed E-state index contributed by atoms with van der Waals surface area (Å²) in [6.45, 7) is 0. The molecule has 0 unspecified atom stereocenters. The summed E-state index contributed by atoms with van der Waals surface area (Å²) in [4.78, 5) is 7.14. The van der Waals surface area contributed by atoms with Crippen LogP contribution in [-0.2, 0) is 0 Å². The number of ether oxygens (including phenoxy) is 1. The number of hydrogen-bond donors (Lipinski definition) is 3. The zero-order valence-electron chi connectivity index (χ0n) is 9.31. The Kier molecular flexibility index (Phi) is 3.24. The summed E-state index contributed by atoms with van der Waals surface area (Å²) in [5.74, 6) is 0.937. The van der Waals surface area contributed by atoms with Crippen LogP contribution in [0.1, 0.15) is 0 Å². The van der Waals surface area contributed by atoms with Crippen LogP contribution in [0.15, 0.2) is 29.6 Å². The van der Waals surface area contributed by atoms with Gasteiger partial charge in [0.2, 0.25) is 0 Å². The van der Waals surface area contributed by atoms with Gasteiger partial charge in [0.15, 0.2) is 0 Å². The Hall–Kier alpha value is -2.08. The molecule has 0 saturated carbocycles. The number of hydrogen-bond acceptors (Lipinski definition) is 3. The number of methoxy groups -OCH3 is 1. The fourth-order valence-electron chi connectivity index (χ4n) is 1.37. The minimum atomic E-state index is 0.136. The van der Waals surface area contributed by atoms with Gasteiger partial charge in [-0.2, -0.15) is 0 Å². The second kappa shape index (κ2) is 4.84. The number of nitrogens with two attached hydrogens (primary N) is 2. The lowest BCUT2D eigenvalue weighted by Crippen LogP contribution is -2.72. The maximum absolute atomic E-state index is 5.35. The number of benzene rings is 1. The van der Waals surface area contributed by atoms with Crippen molar-refractivity contribution in [2.45, 2.75) is 0 Å². The Labute approximate surface area is 103 Å². The fourth-order valence-corrected chi connectivity index (χ4v) is 2.11. The largest absolute Gasteiger partial charge is 0.497 e. The van der Waals surface area contributed by atoms with E-state index in [-0.39, 0.29) is 5.96 Å². The molecule has 0 aliphatic carbocycles. The van der Waals surface area contributed by atoms with Crippen LogP contribution in [0, 0.1) is 0 Å². The second-order valence-corrected chi connectivity index (χ2v) is 4.21. The fraction of sp³-hybridized carbons (Fsp3) is 0.0909. The van der Waals surface area contributed by atoms with Crippen molar-refractivity contribution < 1.29 is 9.73 Å². The first-order chi connectivity index (χ1) is 8.19. The lowest BCUT2D eigenvalue weighted by molar-refractivity contribution is -0.355. The monoisotopic (exact) mass is 249 g/mol. The van der Waals surface area contributed by atoms with Crippen molar-refractivity contribution in [3.05, 3.63) is 29.6 Å². The molecule has 0 fully saturated rings. The minimum absolute atomic E-state index is 0.136. The van der Waals surface area contributed by atoms with Gasteiger partial charge in [-0.1, -0.05) is 23.5 Å². The van der Waals surface area contributed by atoms with E-state index in [1.807, 2.05) is 29.6 Å². The highest BCUT2D eigenvalue weighted by Gasteiger charge is 2.08. The van der Waals surface area contributed by atoms with E-state index >= 15 is 0 Å². The Morgan fingerprint density at radius 2 is 2.24 bits per heavy atom. The quantitative estimate of drug-likeness (QED) is 0.519. The van der Waals surface area contributed by atoms with E-state index in [4.69, 9.17) is 16.2 Å². The Morgan fingerprint density at radius 1 is 1.41 bits per heavy atom. The summed E-state index contributed by atoms with van der Waals surface area (Å²) in [6.07, 6.45) is 0. The molecule has 1 aromatic heterocycles. The molecule has 5 nitrogen and oxygen atoms in total. The predicted molar refractivity (Wildman–Crippen MR) is 68.1 cm³/mol. The molecular formula is C11H13N4OS+. The van der Waals surface area contributed by atoms with Crippen LogP contribution in [0.3, 0.4) is 0 Å². The molecule has 0 spiro atoms. The van der Waals surface area contributed by atoms with Crippen molar-refractivity contribution >= 4 is 22.4 Å². The Bertz CT molecular complexity index is 546. The van der Waals surface area contributed by atoms with Gasteiger partial charge in [0.25, 0.3) is 5.13 Å². The van der Waals surface area contributed by atoms with Crippen molar-refractivity contribution in [3.63, 3.8) is 0 Å². The summed E-state index contributed by atoms with van der Waals surface area (Å²) in [6, 6.07) is 7.70. The normalized spacial score (nSPS) is 9.94. The third-order valence-electron chi connectivity index (χ3n) is 2.12. The number of aromatic nitrogens is 1. The molecular weight excluding hydrogens is 236 g/mol. The van der Waals surface area contributed by atoms with E-state index in [1.54, 1.807) is 7.11 Å². The van der Waals surface area contributed by atoms with Crippen LogP contribution >= 0.6 is 11.3 Å². The lowest BCUT2D eigenvalue weighted by atomic mass is 10.2. The smallest absolute Gasteiger partial charge is 0.303 e. The molecule has 0 aliphatic heterocycles. The minimum Gasteiger partial charge on any atom is -0.497 e. The zero-order valence-corrected chi connectivity index (χ0v) is 10.1. The van der Waals surface area contributed by atoms with Gasteiger partial charge in [-0.05, 0) is 12.1 Å². The molecule has 1 aromatic carbocycles. The van der Waals surface area contributed by atoms with E-state index in [1.165, 1.54) is 11.3 Å². The van der Waals surface area contributed by atoms with Crippen LogP contribution in [-0.4, -0.2) is 18.1 Å². The van der Waals surface area contributed by atoms with Crippen LogP contribution in [0.25, 0.3) is 11.3 Å². The highest BCUT2D eigenvalue weighted by atomic mass is 32.1. The first kappa shape index (κ1) is 11.4. The number of guanidine groups is 1. The second-order valence-electron chi connectivity index (χ2n) is 3.35. The highest BCUT2D eigenvalue weighted by molar-refractivity contribution is 7.13. The Balaban J connectivity index is 2.33. The third kappa shape index (κ3) is 2.73. The molecule has 0 aliphatic rings. The summed E-state index contributed by atoms with van der Waals surface area (Å²) < 4.78 is 5.16. The van der Waals surface area contributed by atoms with Gasteiger partial charge in [0, 0.05) is 10.9 Å². The topological polar surface area (TPSA) is 88.1 Å². The molecule has 88 valence electrons. The molecule has 0 bridgehead atoms. The van der Waals surface area contributed by atoms with E-state index in [0.717, 1.165) is 17.0 Å². The van der Waals surface area contributed by atoms with E-state index in [0.29, 0.717) is 5.13 Å². The van der Waals surface area contributed by atoms with Crippen molar-refractivity contribution in [2.24, 2.45) is 11.5 Å². The van der Waals surface area contributed by atoms with Gasteiger partial charge in [0.05, 0.1) is 7.11 Å². The van der Waals surface area contributed by atoms with Gasteiger partial charge in [-0.3, -0.25) is 0 Å². The molecule has 0 amide bonds.